The highest BCUT2D eigenvalue weighted by atomic mass is 16.4. The second-order valence-electron chi connectivity index (χ2n) is 3.53. The van der Waals surface area contributed by atoms with Gasteiger partial charge < -0.3 is 15.9 Å². The zero-order valence-corrected chi connectivity index (χ0v) is 9.67. The number of carboxylic acids is 2. The smallest absolute Gasteiger partial charge is 0.320 e. The average molecular weight is 239 g/mol. The van der Waals surface area contributed by atoms with Crippen LogP contribution in [0.1, 0.15) is 18.4 Å². The van der Waals surface area contributed by atoms with Crippen molar-refractivity contribution in [2.45, 2.75) is 25.8 Å². The van der Waals surface area contributed by atoms with Crippen molar-refractivity contribution in [1.29, 1.82) is 0 Å². The van der Waals surface area contributed by atoms with Gasteiger partial charge in [-0.3, -0.25) is 9.59 Å². The fraction of sp³-hybridized carbons (Fsp3) is 0.333. The number of rotatable bonds is 4. The molecule has 0 heterocycles. The molecule has 1 aromatic carbocycles. The van der Waals surface area contributed by atoms with E-state index in [4.69, 9.17) is 15.9 Å². The standard InChI is InChI=1S/C7H8.C5H9NO4/c1-7-5-3-2-4-6-7;6-3(5(9)10)1-2-4(7)8/h2-6H,1H3;3H,1-2,6H2,(H,7,8)(H,9,10). The molecule has 0 aliphatic carbocycles. The summed E-state index contributed by atoms with van der Waals surface area (Å²) in [5.74, 6) is -2.20. The Balaban J connectivity index is 0.000000318. The van der Waals surface area contributed by atoms with Gasteiger partial charge in [0.15, 0.2) is 0 Å². The maximum absolute atomic E-state index is 9.99. The molecule has 0 fully saturated rings. The van der Waals surface area contributed by atoms with E-state index < -0.39 is 18.0 Å². The van der Waals surface area contributed by atoms with Crippen LogP contribution in [0.2, 0.25) is 0 Å². The Kier molecular flexibility index (Phi) is 7.38. The third kappa shape index (κ3) is 9.07. The van der Waals surface area contributed by atoms with Crippen LogP contribution >= 0.6 is 0 Å². The van der Waals surface area contributed by atoms with Gasteiger partial charge in [0.25, 0.3) is 0 Å². The van der Waals surface area contributed by atoms with Crippen LogP contribution in [0.15, 0.2) is 30.3 Å². The minimum atomic E-state index is -1.17. The Morgan fingerprint density at radius 1 is 1.24 bits per heavy atom. The van der Waals surface area contributed by atoms with E-state index in [1.165, 1.54) is 5.56 Å². The fourth-order valence-corrected chi connectivity index (χ4v) is 0.937. The summed E-state index contributed by atoms with van der Waals surface area (Å²) in [4.78, 5) is 19.9. The summed E-state index contributed by atoms with van der Waals surface area (Å²) in [6.07, 6.45) is -0.224. The molecule has 0 spiro atoms. The normalized spacial score (nSPS) is 10.9. The van der Waals surface area contributed by atoms with Crippen LogP contribution in [0, 0.1) is 6.92 Å². The molecule has 0 aliphatic heterocycles. The van der Waals surface area contributed by atoms with Crippen molar-refractivity contribution >= 4 is 11.9 Å². The molecule has 0 saturated heterocycles. The Morgan fingerprint density at radius 2 is 1.76 bits per heavy atom. The molecule has 0 amide bonds. The first-order chi connectivity index (χ1) is 7.93. The van der Waals surface area contributed by atoms with Crippen LogP contribution in [0.25, 0.3) is 0 Å². The molecule has 1 aromatic rings. The van der Waals surface area contributed by atoms with Gasteiger partial charge in [0.1, 0.15) is 6.04 Å². The first kappa shape index (κ1) is 15.1. The van der Waals surface area contributed by atoms with Crippen molar-refractivity contribution in [1.82, 2.24) is 0 Å². The van der Waals surface area contributed by atoms with Crippen LogP contribution in [0.3, 0.4) is 0 Å². The fourth-order valence-electron chi connectivity index (χ4n) is 0.937. The van der Waals surface area contributed by atoms with Gasteiger partial charge in [-0.05, 0) is 13.3 Å². The number of carboxylic acid groups (broad SMARTS) is 2. The molecule has 4 N–H and O–H groups in total. The SMILES string of the molecule is Cc1ccccc1.NC(CCC(=O)O)C(=O)O. The molecule has 1 rings (SSSR count). The van der Waals surface area contributed by atoms with Gasteiger partial charge in [-0.25, -0.2) is 0 Å². The Bertz CT molecular complexity index is 351. The van der Waals surface area contributed by atoms with Crippen molar-refractivity contribution < 1.29 is 19.8 Å². The van der Waals surface area contributed by atoms with Crippen LogP contribution in [0.5, 0.6) is 0 Å². The molecule has 0 aromatic heterocycles. The number of aliphatic carboxylic acids is 2. The molecular weight excluding hydrogens is 222 g/mol. The van der Waals surface area contributed by atoms with E-state index in [-0.39, 0.29) is 12.8 Å². The first-order valence-corrected chi connectivity index (χ1v) is 5.15. The van der Waals surface area contributed by atoms with E-state index in [0.717, 1.165) is 0 Å². The molecular formula is C12H17NO4. The van der Waals surface area contributed by atoms with Crippen molar-refractivity contribution in [2.24, 2.45) is 5.73 Å². The molecule has 1 unspecified atom stereocenters. The minimum Gasteiger partial charge on any atom is -0.481 e. The topological polar surface area (TPSA) is 101 Å². The van der Waals surface area contributed by atoms with E-state index in [1.54, 1.807) is 0 Å². The highest BCUT2D eigenvalue weighted by Crippen LogP contribution is 1.93. The first-order valence-electron chi connectivity index (χ1n) is 5.15. The quantitative estimate of drug-likeness (QED) is 0.734. The highest BCUT2D eigenvalue weighted by molar-refractivity contribution is 5.74. The van der Waals surface area contributed by atoms with Crippen molar-refractivity contribution in [3.8, 4) is 0 Å². The van der Waals surface area contributed by atoms with Gasteiger partial charge >= 0.3 is 11.9 Å². The molecule has 0 saturated carbocycles. The molecule has 17 heavy (non-hydrogen) atoms. The number of benzene rings is 1. The van der Waals surface area contributed by atoms with Gasteiger partial charge in [-0.1, -0.05) is 35.9 Å². The Morgan fingerprint density at radius 3 is 2.06 bits per heavy atom. The molecule has 5 heteroatoms. The zero-order chi connectivity index (χ0) is 13.3. The summed E-state index contributed by atoms with van der Waals surface area (Å²) < 4.78 is 0. The molecule has 0 radical (unpaired) electrons. The maximum Gasteiger partial charge on any atom is 0.320 e. The third-order valence-corrected chi connectivity index (χ3v) is 1.93. The summed E-state index contributed by atoms with van der Waals surface area (Å²) >= 11 is 0. The summed E-state index contributed by atoms with van der Waals surface area (Å²) in [6, 6.07) is 9.20. The zero-order valence-electron chi connectivity index (χ0n) is 9.67. The third-order valence-electron chi connectivity index (χ3n) is 1.93. The van der Waals surface area contributed by atoms with Gasteiger partial charge in [0, 0.05) is 6.42 Å². The van der Waals surface area contributed by atoms with E-state index in [2.05, 4.69) is 19.1 Å². The molecule has 0 aliphatic rings. The average Bonchev–Trinajstić information content (AvgIpc) is 2.27. The molecule has 5 nitrogen and oxygen atoms in total. The van der Waals surface area contributed by atoms with Crippen LogP contribution in [-0.2, 0) is 9.59 Å². The number of nitrogens with two attached hydrogens (primary N) is 1. The number of hydrogen-bond acceptors (Lipinski definition) is 3. The van der Waals surface area contributed by atoms with E-state index in [0.29, 0.717) is 0 Å². The number of carbonyl (C=O) groups is 2. The molecule has 1 atom stereocenters. The number of aryl methyl sites for hydroxylation is 1. The molecule has 94 valence electrons. The van der Waals surface area contributed by atoms with Crippen LogP contribution < -0.4 is 5.73 Å². The minimum absolute atomic E-state index is 0.0231. The Labute approximate surface area is 99.9 Å². The van der Waals surface area contributed by atoms with E-state index in [1.807, 2.05) is 18.2 Å². The van der Waals surface area contributed by atoms with E-state index >= 15 is 0 Å². The second-order valence-corrected chi connectivity index (χ2v) is 3.53. The van der Waals surface area contributed by atoms with Crippen molar-refractivity contribution in [2.75, 3.05) is 0 Å². The van der Waals surface area contributed by atoms with Crippen LogP contribution in [0.4, 0.5) is 0 Å². The lowest BCUT2D eigenvalue weighted by atomic mass is 10.2. The maximum atomic E-state index is 9.99. The lowest BCUT2D eigenvalue weighted by Gasteiger charge is -2.01. The highest BCUT2D eigenvalue weighted by Gasteiger charge is 2.12. The monoisotopic (exact) mass is 239 g/mol. The van der Waals surface area contributed by atoms with Gasteiger partial charge in [0.05, 0.1) is 0 Å². The van der Waals surface area contributed by atoms with Gasteiger partial charge in [-0.15, -0.1) is 0 Å². The van der Waals surface area contributed by atoms with Gasteiger partial charge in [-0.2, -0.15) is 0 Å². The van der Waals surface area contributed by atoms with Gasteiger partial charge in [0.2, 0.25) is 0 Å². The Hall–Kier alpha value is -1.88. The predicted molar refractivity (Wildman–Crippen MR) is 63.7 cm³/mol. The largest absolute Gasteiger partial charge is 0.481 e. The lowest BCUT2D eigenvalue weighted by Crippen LogP contribution is -2.30. The summed E-state index contributed by atoms with van der Waals surface area (Å²) in [5, 5.41) is 16.3. The lowest BCUT2D eigenvalue weighted by molar-refractivity contribution is -0.139. The van der Waals surface area contributed by atoms with Crippen molar-refractivity contribution in [3.63, 3.8) is 0 Å². The van der Waals surface area contributed by atoms with Crippen molar-refractivity contribution in [3.05, 3.63) is 35.9 Å². The summed E-state index contributed by atoms with van der Waals surface area (Å²) in [6.45, 7) is 2.08. The van der Waals surface area contributed by atoms with Crippen LogP contribution in [-0.4, -0.2) is 28.2 Å². The molecule has 0 bridgehead atoms. The predicted octanol–water partition coefficient (Wildman–Crippen LogP) is 1.26. The van der Waals surface area contributed by atoms with E-state index in [9.17, 15) is 9.59 Å². The summed E-state index contributed by atoms with van der Waals surface area (Å²) in [5.41, 5.74) is 6.32. The number of hydrogen-bond donors (Lipinski definition) is 3. The summed E-state index contributed by atoms with van der Waals surface area (Å²) in [7, 11) is 0. The second kappa shape index (κ2) is 8.29.